The van der Waals surface area contributed by atoms with Gasteiger partial charge in [-0.3, -0.25) is 4.79 Å². The van der Waals surface area contributed by atoms with Gasteiger partial charge in [-0.15, -0.1) is 0 Å². The number of benzene rings is 2. The highest BCUT2D eigenvalue weighted by molar-refractivity contribution is 6.04. The van der Waals surface area contributed by atoms with E-state index >= 15 is 0 Å². The molecule has 1 N–H and O–H groups in total. The standard InChI is InChI=1S/C24H23N5O/c1-17-8-7-13-29(16-17)22-14-21(26-23(28-22)18-9-3-2-4-10-18)24(30)27-20-12-6-5-11-19(20)15-25/h2-6,9-12,14,17H,7-8,13,16H2,1H3,(H,27,30). The number of carbonyl (C=O) groups is 1. The van der Waals surface area contributed by atoms with Gasteiger partial charge in [0.25, 0.3) is 5.91 Å². The van der Waals surface area contributed by atoms with E-state index in [0.29, 0.717) is 23.0 Å². The summed E-state index contributed by atoms with van der Waals surface area (Å²) >= 11 is 0. The number of hydrogen-bond donors (Lipinski definition) is 1. The van der Waals surface area contributed by atoms with Crippen molar-refractivity contribution >= 4 is 17.4 Å². The highest BCUT2D eigenvalue weighted by Crippen LogP contribution is 2.25. The summed E-state index contributed by atoms with van der Waals surface area (Å²) in [6.45, 7) is 4.05. The van der Waals surface area contributed by atoms with Crippen molar-refractivity contribution in [3.05, 3.63) is 71.9 Å². The maximum absolute atomic E-state index is 13.0. The van der Waals surface area contributed by atoms with Crippen LogP contribution in [0.4, 0.5) is 11.5 Å². The quantitative estimate of drug-likeness (QED) is 0.701. The summed E-state index contributed by atoms with van der Waals surface area (Å²) in [5, 5.41) is 12.1. The average Bonchev–Trinajstić information content (AvgIpc) is 2.79. The highest BCUT2D eigenvalue weighted by Gasteiger charge is 2.21. The van der Waals surface area contributed by atoms with Crippen molar-refractivity contribution < 1.29 is 4.79 Å². The maximum Gasteiger partial charge on any atom is 0.274 e. The third-order valence-electron chi connectivity index (χ3n) is 5.25. The number of nitrogens with zero attached hydrogens (tertiary/aromatic N) is 4. The predicted octanol–water partition coefficient (Wildman–Crippen LogP) is 4.50. The van der Waals surface area contributed by atoms with E-state index in [9.17, 15) is 10.1 Å². The number of anilines is 2. The highest BCUT2D eigenvalue weighted by atomic mass is 16.1. The summed E-state index contributed by atoms with van der Waals surface area (Å²) in [6, 6.07) is 20.4. The maximum atomic E-state index is 13.0. The van der Waals surface area contributed by atoms with Crippen LogP contribution in [0.3, 0.4) is 0 Å². The van der Waals surface area contributed by atoms with Gasteiger partial charge >= 0.3 is 0 Å². The number of nitriles is 1. The molecule has 0 bridgehead atoms. The third kappa shape index (κ3) is 4.31. The monoisotopic (exact) mass is 397 g/mol. The lowest BCUT2D eigenvalue weighted by Crippen LogP contribution is -2.35. The van der Waals surface area contributed by atoms with Gasteiger partial charge in [0.2, 0.25) is 0 Å². The first-order valence-electron chi connectivity index (χ1n) is 10.1. The molecule has 1 aliphatic heterocycles. The van der Waals surface area contributed by atoms with E-state index in [0.717, 1.165) is 30.9 Å². The first kappa shape index (κ1) is 19.6. The van der Waals surface area contributed by atoms with Gasteiger partial charge in [-0.2, -0.15) is 5.26 Å². The molecule has 1 amide bonds. The molecule has 4 rings (SSSR count). The van der Waals surface area contributed by atoms with Crippen LogP contribution in [0.15, 0.2) is 60.7 Å². The molecule has 0 spiro atoms. The Morgan fingerprint density at radius 2 is 1.90 bits per heavy atom. The lowest BCUT2D eigenvalue weighted by Gasteiger charge is -2.32. The van der Waals surface area contributed by atoms with Crippen LogP contribution in [-0.4, -0.2) is 29.0 Å². The number of piperidine rings is 1. The van der Waals surface area contributed by atoms with E-state index in [1.165, 1.54) is 6.42 Å². The van der Waals surface area contributed by atoms with E-state index < -0.39 is 0 Å². The lowest BCUT2D eigenvalue weighted by molar-refractivity contribution is 0.102. The van der Waals surface area contributed by atoms with Crippen LogP contribution in [0.2, 0.25) is 0 Å². The van der Waals surface area contributed by atoms with Gasteiger partial charge < -0.3 is 10.2 Å². The van der Waals surface area contributed by atoms with Crippen molar-refractivity contribution in [2.45, 2.75) is 19.8 Å². The molecule has 150 valence electrons. The van der Waals surface area contributed by atoms with Crippen molar-refractivity contribution in [2.75, 3.05) is 23.3 Å². The van der Waals surface area contributed by atoms with Gasteiger partial charge in [0.1, 0.15) is 17.6 Å². The number of carbonyl (C=O) groups excluding carboxylic acids is 1. The fraction of sp³-hybridized carbons (Fsp3) is 0.250. The van der Waals surface area contributed by atoms with Crippen LogP contribution < -0.4 is 10.2 Å². The number of rotatable bonds is 4. The molecular weight excluding hydrogens is 374 g/mol. The molecular formula is C24H23N5O. The largest absolute Gasteiger partial charge is 0.356 e. The van der Waals surface area contributed by atoms with Gasteiger partial charge in [-0.05, 0) is 30.9 Å². The van der Waals surface area contributed by atoms with Crippen molar-refractivity contribution in [2.24, 2.45) is 5.92 Å². The van der Waals surface area contributed by atoms with Crippen LogP contribution >= 0.6 is 0 Å². The molecule has 0 radical (unpaired) electrons. The van der Waals surface area contributed by atoms with Crippen LogP contribution in [0.25, 0.3) is 11.4 Å². The van der Waals surface area contributed by atoms with Gasteiger partial charge in [0, 0.05) is 24.7 Å². The fourth-order valence-corrected chi connectivity index (χ4v) is 3.70. The molecule has 30 heavy (non-hydrogen) atoms. The molecule has 0 saturated carbocycles. The molecule has 1 atom stereocenters. The summed E-state index contributed by atoms with van der Waals surface area (Å²) in [6.07, 6.45) is 2.30. The van der Waals surface area contributed by atoms with E-state index in [-0.39, 0.29) is 11.6 Å². The Balaban J connectivity index is 1.72. The average molecular weight is 397 g/mol. The van der Waals surface area contributed by atoms with Gasteiger partial charge in [-0.1, -0.05) is 49.4 Å². The number of nitrogens with one attached hydrogen (secondary N) is 1. The molecule has 1 unspecified atom stereocenters. The number of para-hydroxylation sites is 1. The predicted molar refractivity (Wildman–Crippen MR) is 117 cm³/mol. The second-order valence-electron chi connectivity index (χ2n) is 7.61. The Morgan fingerprint density at radius 3 is 2.67 bits per heavy atom. The second kappa shape index (κ2) is 8.75. The van der Waals surface area contributed by atoms with E-state index in [1.807, 2.05) is 30.3 Å². The summed E-state index contributed by atoms with van der Waals surface area (Å²) in [5.74, 6) is 1.50. The summed E-state index contributed by atoms with van der Waals surface area (Å²) in [4.78, 5) is 24.6. The Labute approximate surface area is 176 Å². The molecule has 1 aromatic heterocycles. The zero-order valence-corrected chi connectivity index (χ0v) is 16.9. The normalized spacial score (nSPS) is 16.0. The Morgan fingerprint density at radius 1 is 1.13 bits per heavy atom. The minimum atomic E-state index is -0.358. The molecule has 1 aliphatic rings. The van der Waals surface area contributed by atoms with Crippen molar-refractivity contribution in [1.29, 1.82) is 5.26 Å². The summed E-state index contributed by atoms with van der Waals surface area (Å²) in [7, 11) is 0. The topological polar surface area (TPSA) is 81.9 Å². The first-order valence-corrected chi connectivity index (χ1v) is 10.1. The number of aromatic nitrogens is 2. The zero-order chi connectivity index (χ0) is 20.9. The number of hydrogen-bond acceptors (Lipinski definition) is 5. The van der Waals surface area contributed by atoms with Crippen LogP contribution in [0.5, 0.6) is 0 Å². The van der Waals surface area contributed by atoms with Crippen molar-refractivity contribution in [3.8, 4) is 17.5 Å². The molecule has 1 fully saturated rings. The minimum absolute atomic E-state index is 0.282. The molecule has 0 aliphatic carbocycles. The molecule has 2 heterocycles. The van der Waals surface area contributed by atoms with E-state index in [1.54, 1.807) is 30.3 Å². The van der Waals surface area contributed by atoms with Crippen LogP contribution in [0.1, 0.15) is 35.8 Å². The van der Waals surface area contributed by atoms with Gasteiger partial charge in [0.15, 0.2) is 5.82 Å². The van der Waals surface area contributed by atoms with Crippen LogP contribution in [0, 0.1) is 17.2 Å². The first-order chi connectivity index (χ1) is 14.6. The van der Waals surface area contributed by atoms with Crippen molar-refractivity contribution in [3.63, 3.8) is 0 Å². The van der Waals surface area contributed by atoms with Gasteiger partial charge in [-0.25, -0.2) is 9.97 Å². The molecule has 6 heteroatoms. The molecule has 1 saturated heterocycles. The van der Waals surface area contributed by atoms with E-state index in [4.69, 9.17) is 4.98 Å². The van der Waals surface area contributed by atoms with Crippen LogP contribution in [-0.2, 0) is 0 Å². The molecule has 3 aromatic rings. The smallest absolute Gasteiger partial charge is 0.274 e. The fourth-order valence-electron chi connectivity index (χ4n) is 3.70. The summed E-state index contributed by atoms with van der Waals surface area (Å²) < 4.78 is 0. The number of amides is 1. The third-order valence-corrected chi connectivity index (χ3v) is 5.25. The molecule has 2 aromatic carbocycles. The lowest BCUT2D eigenvalue weighted by atomic mass is 10.0. The minimum Gasteiger partial charge on any atom is -0.356 e. The Kier molecular flexibility index (Phi) is 5.71. The Hall–Kier alpha value is -3.72. The van der Waals surface area contributed by atoms with Crippen molar-refractivity contribution in [1.82, 2.24) is 9.97 Å². The van der Waals surface area contributed by atoms with E-state index in [2.05, 4.69) is 28.2 Å². The SMILES string of the molecule is CC1CCCN(c2cc(C(=O)Nc3ccccc3C#N)nc(-c3ccccc3)n2)C1. The Bertz CT molecular complexity index is 1090. The summed E-state index contributed by atoms with van der Waals surface area (Å²) in [5.41, 5.74) is 2.02. The molecule has 6 nitrogen and oxygen atoms in total. The van der Waals surface area contributed by atoms with Gasteiger partial charge in [0.05, 0.1) is 11.3 Å². The second-order valence-corrected chi connectivity index (χ2v) is 7.61. The zero-order valence-electron chi connectivity index (χ0n) is 16.9.